The number of rotatable bonds is 5. The summed E-state index contributed by atoms with van der Waals surface area (Å²) in [5.74, 6) is 0.0320. The minimum absolute atomic E-state index is 0.0588. The highest BCUT2D eigenvalue weighted by Gasteiger charge is 2.37. The fraction of sp³-hybridized carbons (Fsp3) is 0.333. The smallest absolute Gasteiger partial charge is 0.370 e. The number of halogens is 5. The van der Waals surface area contributed by atoms with Gasteiger partial charge in [-0.25, -0.2) is 4.98 Å². The number of nitrogens with zero attached hydrogens (tertiary/aromatic N) is 4. The van der Waals surface area contributed by atoms with Gasteiger partial charge in [0.05, 0.1) is 32.6 Å². The van der Waals surface area contributed by atoms with Gasteiger partial charge in [-0.2, -0.15) is 23.4 Å². The molecule has 1 fully saturated rings. The molecule has 3 heterocycles. The number of carbonyl (C=O) groups excluding carboxylic acids is 1. The van der Waals surface area contributed by atoms with Crippen molar-refractivity contribution in [3.63, 3.8) is 0 Å². The monoisotopic (exact) mass is 523 g/mol. The van der Waals surface area contributed by atoms with Crippen molar-refractivity contribution < 1.29 is 18.0 Å². The van der Waals surface area contributed by atoms with Gasteiger partial charge in [-0.3, -0.25) is 4.79 Å². The maximum absolute atomic E-state index is 13.3. The second-order valence-corrected chi connectivity index (χ2v) is 9.36. The predicted octanol–water partition coefficient (Wildman–Crippen LogP) is 5.78. The Labute approximate surface area is 210 Å². The van der Waals surface area contributed by atoms with Crippen molar-refractivity contribution in [2.24, 2.45) is 5.92 Å². The summed E-state index contributed by atoms with van der Waals surface area (Å²) < 4.78 is 38.5. The largest absolute Gasteiger partial charge is 0.417 e. The van der Waals surface area contributed by atoms with E-state index in [4.69, 9.17) is 23.2 Å². The third-order valence-corrected chi connectivity index (χ3v) is 6.81. The van der Waals surface area contributed by atoms with E-state index in [-0.39, 0.29) is 17.7 Å². The van der Waals surface area contributed by atoms with Crippen molar-refractivity contribution in [3.8, 4) is 0 Å². The van der Waals surface area contributed by atoms with Crippen LogP contribution < -0.4 is 5.32 Å². The van der Waals surface area contributed by atoms with Crippen molar-refractivity contribution >= 4 is 34.9 Å². The predicted molar refractivity (Wildman–Crippen MR) is 128 cm³/mol. The topological polar surface area (TPSA) is 71.0 Å². The van der Waals surface area contributed by atoms with Crippen molar-refractivity contribution in [1.29, 1.82) is 0 Å². The number of aryl methyl sites for hydroxylation is 2. The zero-order valence-corrected chi connectivity index (χ0v) is 20.4. The van der Waals surface area contributed by atoms with Gasteiger partial charge in [0, 0.05) is 37.7 Å². The molecule has 3 aromatic rings. The number of alkyl halides is 3. The Hall–Kier alpha value is -2.91. The molecular formula is C24H22Cl2F3N5O. The SMILES string of the molecule is Cc1cc(C(=O)N2C[C@H](CNc3ccc(C(F)(F)F)cn3)[C@@H](c3ccc(Cl)c(Cl)c3)C2)c(C)nn1. The van der Waals surface area contributed by atoms with Gasteiger partial charge in [-0.15, -0.1) is 0 Å². The second kappa shape index (κ2) is 9.99. The average Bonchev–Trinajstić information content (AvgIpc) is 3.24. The lowest BCUT2D eigenvalue weighted by Crippen LogP contribution is -2.30. The summed E-state index contributed by atoms with van der Waals surface area (Å²) in [6, 6.07) is 9.37. The third-order valence-electron chi connectivity index (χ3n) is 6.07. The lowest BCUT2D eigenvalue weighted by atomic mass is 9.89. The molecule has 184 valence electrons. The van der Waals surface area contributed by atoms with Gasteiger partial charge in [-0.1, -0.05) is 29.3 Å². The van der Waals surface area contributed by atoms with E-state index in [0.29, 0.717) is 52.4 Å². The van der Waals surface area contributed by atoms with Crippen molar-refractivity contribution in [2.45, 2.75) is 25.9 Å². The number of hydrogen-bond donors (Lipinski definition) is 1. The standard InChI is InChI=1S/C24H22Cl2F3N5O/c1-13-7-18(14(2)33-32-13)23(35)34-11-16(19(12-34)15-3-5-20(25)21(26)8-15)9-30-22-6-4-17(10-31-22)24(27,28)29/h3-8,10,16,19H,9,11-12H2,1-2H3,(H,30,31)/t16-,19+/m0/s1. The average molecular weight is 524 g/mol. The fourth-order valence-electron chi connectivity index (χ4n) is 4.20. The highest BCUT2D eigenvalue weighted by molar-refractivity contribution is 6.42. The molecule has 0 saturated carbocycles. The number of aromatic nitrogens is 3. The minimum Gasteiger partial charge on any atom is -0.370 e. The first-order chi connectivity index (χ1) is 16.5. The van der Waals surface area contributed by atoms with E-state index in [0.717, 1.165) is 17.8 Å². The van der Waals surface area contributed by atoms with Crippen LogP contribution in [0.25, 0.3) is 0 Å². The number of benzene rings is 1. The molecule has 1 aliphatic rings. The number of hydrogen-bond acceptors (Lipinski definition) is 5. The van der Waals surface area contributed by atoms with Crippen LogP contribution in [0.4, 0.5) is 19.0 Å². The minimum atomic E-state index is -4.45. The van der Waals surface area contributed by atoms with Crippen molar-refractivity contribution in [2.75, 3.05) is 25.0 Å². The Kier molecular flexibility index (Phi) is 7.19. The molecule has 2 aromatic heterocycles. The van der Waals surface area contributed by atoms with E-state index < -0.39 is 11.7 Å². The fourth-order valence-corrected chi connectivity index (χ4v) is 4.51. The van der Waals surface area contributed by atoms with Crippen LogP contribution in [0, 0.1) is 19.8 Å². The van der Waals surface area contributed by atoms with Gasteiger partial charge in [0.2, 0.25) is 0 Å². The lowest BCUT2D eigenvalue weighted by molar-refractivity contribution is -0.137. The Morgan fingerprint density at radius 1 is 1.09 bits per heavy atom. The number of nitrogens with one attached hydrogen (secondary N) is 1. The van der Waals surface area contributed by atoms with Gasteiger partial charge < -0.3 is 10.2 Å². The summed E-state index contributed by atoms with van der Waals surface area (Å²) in [5, 5.41) is 12.0. The summed E-state index contributed by atoms with van der Waals surface area (Å²) >= 11 is 12.3. The van der Waals surface area contributed by atoms with Crippen molar-refractivity contribution in [3.05, 3.63) is 80.7 Å². The Morgan fingerprint density at radius 2 is 1.86 bits per heavy atom. The summed E-state index contributed by atoms with van der Waals surface area (Å²) in [5.41, 5.74) is 1.78. The van der Waals surface area contributed by atoms with Crippen LogP contribution in [0.5, 0.6) is 0 Å². The molecule has 1 N–H and O–H groups in total. The first kappa shape index (κ1) is 25.2. The van der Waals surface area contributed by atoms with Crippen LogP contribution in [-0.4, -0.2) is 45.6 Å². The molecule has 0 aliphatic carbocycles. The molecule has 1 aromatic carbocycles. The van der Waals surface area contributed by atoms with E-state index in [1.807, 2.05) is 6.07 Å². The van der Waals surface area contributed by atoms with Crippen LogP contribution in [0.15, 0.2) is 42.6 Å². The Morgan fingerprint density at radius 3 is 2.51 bits per heavy atom. The van der Waals surface area contributed by atoms with E-state index >= 15 is 0 Å². The summed E-state index contributed by atoms with van der Waals surface area (Å²) in [6.45, 7) is 4.76. The normalized spacial score (nSPS) is 18.1. The van der Waals surface area contributed by atoms with Gasteiger partial charge >= 0.3 is 6.18 Å². The van der Waals surface area contributed by atoms with Crippen LogP contribution in [-0.2, 0) is 6.18 Å². The molecule has 4 rings (SSSR count). The van der Waals surface area contributed by atoms with Crippen LogP contribution >= 0.6 is 23.2 Å². The maximum Gasteiger partial charge on any atom is 0.417 e. The van der Waals surface area contributed by atoms with E-state index in [9.17, 15) is 18.0 Å². The van der Waals surface area contributed by atoms with Gasteiger partial charge in [0.15, 0.2) is 0 Å². The maximum atomic E-state index is 13.3. The molecule has 0 spiro atoms. The van der Waals surface area contributed by atoms with E-state index in [1.165, 1.54) is 6.07 Å². The highest BCUT2D eigenvalue weighted by atomic mass is 35.5. The first-order valence-corrected chi connectivity index (χ1v) is 11.6. The first-order valence-electron chi connectivity index (χ1n) is 10.8. The molecule has 2 atom stereocenters. The molecule has 6 nitrogen and oxygen atoms in total. The third kappa shape index (κ3) is 5.67. The molecule has 1 saturated heterocycles. The molecule has 35 heavy (non-hydrogen) atoms. The summed E-state index contributed by atoms with van der Waals surface area (Å²) in [6.07, 6.45) is -3.65. The van der Waals surface area contributed by atoms with Crippen LogP contribution in [0.1, 0.15) is 38.8 Å². The zero-order valence-electron chi connectivity index (χ0n) is 18.9. The molecule has 0 radical (unpaired) electrons. The molecule has 1 amide bonds. The van der Waals surface area contributed by atoms with Gasteiger partial charge in [0.25, 0.3) is 5.91 Å². The Balaban J connectivity index is 1.56. The summed E-state index contributed by atoms with van der Waals surface area (Å²) in [4.78, 5) is 19.0. The lowest BCUT2D eigenvalue weighted by Gasteiger charge is -2.20. The van der Waals surface area contributed by atoms with Crippen LogP contribution in [0.3, 0.4) is 0 Å². The molecule has 0 unspecified atom stereocenters. The number of pyridine rings is 1. The molecular weight excluding hydrogens is 502 g/mol. The number of anilines is 1. The number of likely N-dealkylation sites (tertiary alicyclic amines) is 1. The highest BCUT2D eigenvalue weighted by Crippen LogP contribution is 2.36. The van der Waals surface area contributed by atoms with Crippen LogP contribution in [0.2, 0.25) is 10.0 Å². The van der Waals surface area contributed by atoms with E-state index in [1.54, 1.807) is 36.9 Å². The molecule has 1 aliphatic heterocycles. The quantitative estimate of drug-likeness (QED) is 0.458. The second-order valence-electron chi connectivity index (χ2n) is 8.55. The number of carbonyl (C=O) groups is 1. The summed E-state index contributed by atoms with van der Waals surface area (Å²) in [7, 11) is 0. The van der Waals surface area contributed by atoms with Gasteiger partial charge in [0.1, 0.15) is 5.82 Å². The van der Waals surface area contributed by atoms with Crippen molar-refractivity contribution in [1.82, 2.24) is 20.1 Å². The number of amides is 1. The molecule has 11 heteroatoms. The zero-order chi connectivity index (χ0) is 25.3. The van der Waals surface area contributed by atoms with E-state index in [2.05, 4.69) is 20.5 Å². The Bertz CT molecular complexity index is 1240. The van der Waals surface area contributed by atoms with Gasteiger partial charge in [-0.05, 0) is 49.7 Å². The molecule has 0 bridgehead atoms.